The predicted molar refractivity (Wildman–Crippen MR) is 57.3 cm³/mol. The van der Waals surface area contributed by atoms with Crippen LogP contribution in [-0.2, 0) is 0 Å². The molecule has 0 unspecified atom stereocenters. The summed E-state index contributed by atoms with van der Waals surface area (Å²) >= 11 is 0. The fourth-order valence-electron chi connectivity index (χ4n) is 1.82. The van der Waals surface area contributed by atoms with Crippen LogP contribution in [0.3, 0.4) is 0 Å². The van der Waals surface area contributed by atoms with Crippen molar-refractivity contribution < 1.29 is 13.7 Å². The molecule has 2 heterocycles. The zero-order valence-electron chi connectivity index (χ0n) is 8.97. The summed E-state index contributed by atoms with van der Waals surface area (Å²) in [6.07, 6.45) is 0.844. The normalized spacial score (nSPS) is 19.1. The molecule has 0 aliphatic carbocycles. The standard InChI is InChI=1S/C10H11F2N3O2/c11-10(12)3-6-14(7-4-10)9-8(15(16)17)2-1-5-13-9/h1-2,5H,3-4,6-7H2. The lowest BCUT2D eigenvalue weighted by molar-refractivity contribution is -0.384. The highest BCUT2D eigenvalue weighted by atomic mass is 19.3. The van der Waals surface area contributed by atoms with Gasteiger partial charge < -0.3 is 4.90 Å². The van der Waals surface area contributed by atoms with Crippen LogP contribution in [0.25, 0.3) is 0 Å². The van der Waals surface area contributed by atoms with E-state index >= 15 is 0 Å². The Labute approximate surface area is 96.2 Å². The summed E-state index contributed by atoms with van der Waals surface area (Å²) in [5.41, 5.74) is -0.141. The number of anilines is 1. The van der Waals surface area contributed by atoms with E-state index in [1.54, 1.807) is 0 Å². The van der Waals surface area contributed by atoms with Crippen molar-refractivity contribution in [3.63, 3.8) is 0 Å². The van der Waals surface area contributed by atoms with E-state index in [4.69, 9.17) is 0 Å². The molecule has 1 fully saturated rings. The molecule has 1 aliphatic rings. The van der Waals surface area contributed by atoms with Crippen molar-refractivity contribution in [2.24, 2.45) is 0 Å². The molecule has 0 aromatic carbocycles. The Bertz CT molecular complexity index is 429. The zero-order chi connectivity index (χ0) is 12.5. The molecule has 1 aromatic rings. The van der Waals surface area contributed by atoms with E-state index in [9.17, 15) is 18.9 Å². The minimum Gasteiger partial charge on any atom is -0.350 e. The molecule has 92 valence electrons. The third-order valence-corrected chi connectivity index (χ3v) is 2.76. The van der Waals surface area contributed by atoms with Gasteiger partial charge >= 0.3 is 5.69 Å². The minimum atomic E-state index is -2.67. The van der Waals surface area contributed by atoms with Gasteiger partial charge in [0.1, 0.15) is 0 Å². The van der Waals surface area contributed by atoms with Gasteiger partial charge in [0.15, 0.2) is 0 Å². The van der Waals surface area contributed by atoms with Gasteiger partial charge in [0, 0.05) is 38.2 Å². The number of alkyl halides is 2. The molecule has 0 saturated carbocycles. The molecule has 5 nitrogen and oxygen atoms in total. The van der Waals surface area contributed by atoms with E-state index in [2.05, 4.69) is 4.98 Å². The molecule has 0 amide bonds. The summed E-state index contributed by atoms with van der Waals surface area (Å²) in [5, 5.41) is 10.8. The van der Waals surface area contributed by atoms with Crippen LogP contribution in [0.1, 0.15) is 12.8 Å². The van der Waals surface area contributed by atoms with Gasteiger partial charge in [-0.2, -0.15) is 0 Å². The van der Waals surface area contributed by atoms with Crippen LogP contribution in [0.4, 0.5) is 20.3 Å². The van der Waals surface area contributed by atoms with Crippen molar-refractivity contribution in [1.82, 2.24) is 4.98 Å². The number of hydrogen-bond acceptors (Lipinski definition) is 4. The summed E-state index contributed by atoms with van der Waals surface area (Å²) in [5.74, 6) is -2.49. The highest BCUT2D eigenvalue weighted by Gasteiger charge is 2.36. The van der Waals surface area contributed by atoms with Gasteiger partial charge in [-0.15, -0.1) is 0 Å². The van der Waals surface area contributed by atoms with Gasteiger partial charge in [-0.1, -0.05) is 0 Å². The quantitative estimate of drug-likeness (QED) is 0.590. The first-order chi connectivity index (χ1) is 7.99. The van der Waals surface area contributed by atoms with Gasteiger partial charge in [0.05, 0.1) is 4.92 Å². The van der Waals surface area contributed by atoms with Crippen molar-refractivity contribution in [2.45, 2.75) is 18.8 Å². The summed E-state index contributed by atoms with van der Waals surface area (Å²) in [6.45, 7) is 0.176. The Morgan fingerprint density at radius 1 is 1.41 bits per heavy atom. The first-order valence-corrected chi connectivity index (χ1v) is 5.22. The van der Waals surface area contributed by atoms with E-state index < -0.39 is 10.8 Å². The molecule has 0 bridgehead atoms. The van der Waals surface area contributed by atoms with Gasteiger partial charge in [0.2, 0.25) is 5.82 Å². The molecular weight excluding hydrogens is 232 g/mol. The summed E-state index contributed by atoms with van der Waals surface area (Å²) in [6, 6.07) is 2.79. The van der Waals surface area contributed by atoms with Crippen LogP contribution in [0.5, 0.6) is 0 Å². The summed E-state index contributed by atoms with van der Waals surface area (Å²) < 4.78 is 25.9. The van der Waals surface area contributed by atoms with Gasteiger partial charge in [-0.3, -0.25) is 10.1 Å². The van der Waals surface area contributed by atoms with Crippen molar-refractivity contribution in [3.8, 4) is 0 Å². The summed E-state index contributed by atoms with van der Waals surface area (Å²) in [4.78, 5) is 15.7. The second-order valence-electron chi connectivity index (χ2n) is 3.95. The maximum Gasteiger partial charge on any atom is 0.311 e. The third-order valence-electron chi connectivity index (χ3n) is 2.76. The van der Waals surface area contributed by atoms with Crippen molar-refractivity contribution >= 4 is 11.5 Å². The second kappa shape index (κ2) is 4.23. The molecule has 1 saturated heterocycles. The zero-order valence-corrected chi connectivity index (χ0v) is 8.97. The molecule has 2 rings (SSSR count). The number of piperidine rings is 1. The monoisotopic (exact) mass is 243 g/mol. The first-order valence-electron chi connectivity index (χ1n) is 5.22. The Hall–Kier alpha value is -1.79. The van der Waals surface area contributed by atoms with E-state index in [1.807, 2.05) is 0 Å². The molecule has 0 spiro atoms. The van der Waals surface area contributed by atoms with Crippen molar-refractivity contribution in [1.29, 1.82) is 0 Å². The van der Waals surface area contributed by atoms with Crippen LogP contribution in [0.15, 0.2) is 18.3 Å². The lowest BCUT2D eigenvalue weighted by atomic mass is 10.1. The van der Waals surface area contributed by atoms with E-state index in [1.165, 1.54) is 23.2 Å². The smallest absolute Gasteiger partial charge is 0.311 e. The Morgan fingerprint density at radius 2 is 2.06 bits per heavy atom. The lowest BCUT2D eigenvalue weighted by Gasteiger charge is -2.32. The SMILES string of the molecule is O=[N+]([O-])c1cccnc1N1CCC(F)(F)CC1. The predicted octanol–water partition coefficient (Wildman–Crippen LogP) is 2.23. The molecule has 0 N–H and O–H groups in total. The topological polar surface area (TPSA) is 59.3 Å². The van der Waals surface area contributed by atoms with Crippen molar-refractivity contribution in [3.05, 3.63) is 28.4 Å². The Kier molecular flexibility index (Phi) is 2.91. The van der Waals surface area contributed by atoms with Crippen LogP contribution >= 0.6 is 0 Å². The first kappa shape index (κ1) is 11.7. The number of hydrogen-bond donors (Lipinski definition) is 0. The van der Waals surface area contributed by atoms with E-state index in [0.29, 0.717) is 0 Å². The number of nitro groups is 1. The molecule has 1 aromatic heterocycles. The highest BCUT2D eigenvalue weighted by Crippen LogP contribution is 2.32. The fraction of sp³-hybridized carbons (Fsp3) is 0.500. The van der Waals surface area contributed by atoms with Crippen LogP contribution in [0.2, 0.25) is 0 Å². The second-order valence-corrected chi connectivity index (χ2v) is 3.95. The maximum atomic E-state index is 13.0. The number of rotatable bonds is 2. The minimum absolute atomic E-state index is 0.0881. The van der Waals surface area contributed by atoms with Gasteiger partial charge in [0.25, 0.3) is 5.92 Å². The van der Waals surface area contributed by atoms with Crippen LogP contribution in [-0.4, -0.2) is 28.9 Å². The van der Waals surface area contributed by atoms with E-state index in [-0.39, 0.29) is 37.4 Å². The average molecular weight is 243 g/mol. The number of halogens is 2. The van der Waals surface area contributed by atoms with Gasteiger partial charge in [-0.25, -0.2) is 13.8 Å². The molecule has 17 heavy (non-hydrogen) atoms. The average Bonchev–Trinajstić information content (AvgIpc) is 2.29. The Morgan fingerprint density at radius 3 is 2.65 bits per heavy atom. The lowest BCUT2D eigenvalue weighted by Crippen LogP contribution is -2.40. The molecule has 1 aliphatic heterocycles. The number of nitrogens with zero attached hydrogens (tertiary/aromatic N) is 3. The van der Waals surface area contributed by atoms with Crippen molar-refractivity contribution in [2.75, 3.05) is 18.0 Å². The van der Waals surface area contributed by atoms with E-state index in [0.717, 1.165) is 0 Å². The van der Waals surface area contributed by atoms with Crippen LogP contribution in [0, 0.1) is 10.1 Å². The molecular formula is C10H11F2N3O2. The Balaban J connectivity index is 2.21. The molecule has 7 heteroatoms. The molecule has 0 atom stereocenters. The molecule has 0 radical (unpaired) electrons. The largest absolute Gasteiger partial charge is 0.350 e. The summed E-state index contributed by atoms with van der Waals surface area (Å²) in [7, 11) is 0. The fourth-order valence-corrected chi connectivity index (χ4v) is 1.82. The number of pyridine rings is 1. The number of aromatic nitrogens is 1. The van der Waals surface area contributed by atoms with Crippen LogP contribution < -0.4 is 4.90 Å². The highest BCUT2D eigenvalue weighted by molar-refractivity contribution is 5.57. The maximum absolute atomic E-state index is 13.0. The van der Waals surface area contributed by atoms with Gasteiger partial charge in [-0.05, 0) is 6.07 Å². The third kappa shape index (κ3) is 2.48.